The van der Waals surface area contributed by atoms with E-state index in [4.69, 9.17) is 11.5 Å². The van der Waals surface area contributed by atoms with Gasteiger partial charge < -0.3 is 16.8 Å². The molecule has 0 fully saturated rings. The summed E-state index contributed by atoms with van der Waals surface area (Å²) in [5.74, 6) is 0. The molecule has 0 saturated carbocycles. The summed E-state index contributed by atoms with van der Waals surface area (Å²) in [6.07, 6.45) is 3.57. The van der Waals surface area contributed by atoms with Crippen LogP contribution in [0.2, 0.25) is 0 Å². The Morgan fingerprint density at radius 1 is 1.19 bits per heavy atom. The molecule has 5 N–H and O–H groups in total. The molecule has 0 aliphatic carbocycles. The summed E-state index contributed by atoms with van der Waals surface area (Å²) < 4.78 is 0. The molecule has 0 bridgehead atoms. The van der Waals surface area contributed by atoms with Gasteiger partial charge >= 0.3 is 0 Å². The lowest BCUT2D eigenvalue weighted by molar-refractivity contribution is 1.11. The Kier molecular flexibility index (Phi) is 2.91. The summed E-state index contributed by atoms with van der Waals surface area (Å²) in [5.41, 5.74) is 14.8. The molecule has 4 heteroatoms. The number of pyridine rings is 1. The van der Waals surface area contributed by atoms with E-state index in [0.29, 0.717) is 17.9 Å². The number of nitrogens with two attached hydrogens (primary N) is 2. The summed E-state index contributed by atoms with van der Waals surface area (Å²) in [6, 6.07) is 9.35. The molecule has 1 aromatic heterocycles. The van der Waals surface area contributed by atoms with Crippen LogP contribution < -0.4 is 16.8 Å². The third-order valence-electron chi connectivity index (χ3n) is 2.28. The molecule has 0 spiro atoms. The predicted molar refractivity (Wildman–Crippen MR) is 66.8 cm³/mol. The van der Waals surface area contributed by atoms with E-state index in [1.54, 1.807) is 12.3 Å². The summed E-state index contributed by atoms with van der Waals surface area (Å²) in [7, 11) is 0. The van der Waals surface area contributed by atoms with Crippen molar-refractivity contribution in [2.45, 2.75) is 6.54 Å². The SMILES string of the molecule is Nc1ccc(NCc2cccnc2)c(N)c1. The maximum atomic E-state index is 5.83. The van der Waals surface area contributed by atoms with Crippen molar-refractivity contribution in [2.75, 3.05) is 16.8 Å². The molecular weight excluding hydrogens is 200 g/mol. The number of aromatic nitrogens is 1. The van der Waals surface area contributed by atoms with E-state index in [1.165, 1.54) is 0 Å². The smallest absolute Gasteiger partial charge is 0.0578 e. The molecule has 16 heavy (non-hydrogen) atoms. The average Bonchev–Trinajstić information content (AvgIpc) is 2.29. The van der Waals surface area contributed by atoms with Crippen molar-refractivity contribution in [3.63, 3.8) is 0 Å². The number of hydrogen-bond donors (Lipinski definition) is 3. The number of nitrogens with one attached hydrogen (secondary N) is 1. The number of benzene rings is 1. The molecule has 1 heterocycles. The van der Waals surface area contributed by atoms with Gasteiger partial charge in [-0.15, -0.1) is 0 Å². The van der Waals surface area contributed by atoms with Gasteiger partial charge in [0.2, 0.25) is 0 Å². The maximum Gasteiger partial charge on any atom is 0.0578 e. The molecule has 0 aliphatic rings. The number of nitrogens with zero attached hydrogens (tertiary/aromatic N) is 1. The van der Waals surface area contributed by atoms with Gasteiger partial charge in [0.15, 0.2) is 0 Å². The van der Waals surface area contributed by atoms with E-state index in [0.717, 1.165) is 11.3 Å². The summed E-state index contributed by atoms with van der Waals surface area (Å²) >= 11 is 0. The van der Waals surface area contributed by atoms with Crippen LogP contribution in [0.15, 0.2) is 42.7 Å². The molecule has 2 rings (SSSR count). The van der Waals surface area contributed by atoms with Crippen LogP contribution in [-0.2, 0) is 6.54 Å². The molecule has 1 aromatic carbocycles. The first-order valence-corrected chi connectivity index (χ1v) is 5.03. The number of nitrogen functional groups attached to an aromatic ring is 2. The van der Waals surface area contributed by atoms with E-state index in [2.05, 4.69) is 10.3 Å². The van der Waals surface area contributed by atoms with Gasteiger partial charge in [-0.25, -0.2) is 0 Å². The standard InChI is InChI=1S/C12H14N4/c13-10-3-4-12(11(14)6-10)16-8-9-2-1-5-15-7-9/h1-7,16H,8,13-14H2. The summed E-state index contributed by atoms with van der Waals surface area (Å²) in [4.78, 5) is 4.04. The van der Waals surface area contributed by atoms with Gasteiger partial charge in [-0.05, 0) is 29.8 Å². The van der Waals surface area contributed by atoms with E-state index < -0.39 is 0 Å². The minimum atomic E-state index is 0.656. The molecule has 0 saturated heterocycles. The van der Waals surface area contributed by atoms with E-state index >= 15 is 0 Å². The van der Waals surface area contributed by atoms with Crippen LogP contribution in [-0.4, -0.2) is 4.98 Å². The average molecular weight is 214 g/mol. The third-order valence-corrected chi connectivity index (χ3v) is 2.28. The molecule has 4 nitrogen and oxygen atoms in total. The highest BCUT2D eigenvalue weighted by Crippen LogP contribution is 2.21. The van der Waals surface area contributed by atoms with E-state index in [1.807, 2.05) is 30.5 Å². The third kappa shape index (κ3) is 2.42. The van der Waals surface area contributed by atoms with Crippen molar-refractivity contribution in [2.24, 2.45) is 0 Å². The van der Waals surface area contributed by atoms with Crippen molar-refractivity contribution in [1.29, 1.82) is 0 Å². The predicted octanol–water partition coefficient (Wildman–Crippen LogP) is 1.86. The zero-order valence-corrected chi connectivity index (χ0v) is 8.85. The fraction of sp³-hybridized carbons (Fsp3) is 0.0833. The van der Waals surface area contributed by atoms with E-state index in [-0.39, 0.29) is 0 Å². The Balaban J connectivity index is 2.05. The topological polar surface area (TPSA) is 77.0 Å². The van der Waals surface area contributed by atoms with Crippen molar-refractivity contribution in [3.8, 4) is 0 Å². The highest BCUT2D eigenvalue weighted by atomic mass is 14.9. The minimum absolute atomic E-state index is 0.656. The largest absolute Gasteiger partial charge is 0.399 e. The number of anilines is 3. The zero-order chi connectivity index (χ0) is 11.4. The first-order valence-electron chi connectivity index (χ1n) is 5.03. The molecule has 0 atom stereocenters. The Labute approximate surface area is 94.3 Å². The van der Waals surface area contributed by atoms with Crippen LogP contribution in [0, 0.1) is 0 Å². The van der Waals surface area contributed by atoms with Gasteiger partial charge in [-0.3, -0.25) is 4.98 Å². The molecule has 0 aliphatic heterocycles. The lowest BCUT2D eigenvalue weighted by atomic mass is 10.2. The van der Waals surface area contributed by atoms with Crippen molar-refractivity contribution in [3.05, 3.63) is 48.3 Å². The van der Waals surface area contributed by atoms with Crippen LogP contribution in [0.4, 0.5) is 17.1 Å². The molecule has 0 radical (unpaired) electrons. The van der Waals surface area contributed by atoms with Gasteiger partial charge in [0, 0.05) is 24.6 Å². The number of rotatable bonds is 3. The summed E-state index contributed by atoms with van der Waals surface area (Å²) in [6.45, 7) is 0.696. The van der Waals surface area contributed by atoms with Crippen LogP contribution in [0.1, 0.15) is 5.56 Å². The van der Waals surface area contributed by atoms with Crippen molar-refractivity contribution >= 4 is 17.1 Å². The first kappa shape index (κ1) is 10.3. The van der Waals surface area contributed by atoms with Gasteiger partial charge in [-0.2, -0.15) is 0 Å². The van der Waals surface area contributed by atoms with Gasteiger partial charge in [0.25, 0.3) is 0 Å². The molecule has 0 amide bonds. The Bertz CT molecular complexity index is 468. The quantitative estimate of drug-likeness (QED) is 0.681. The Hall–Kier alpha value is -2.23. The van der Waals surface area contributed by atoms with Gasteiger partial charge in [-0.1, -0.05) is 6.07 Å². The minimum Gasteiger partial charge on any atom is -0.399 e. The van der Waals surface area contributed by atoms with Crippen LogP contribution in [0.3, 0.4) is 0 Å². The first-order chi connectivity index (χ1) is 7.75. The second kappa shape index (κ2) is 4.53. The van der Waals surface area contributed by atoms with Gasteiger partial charge in [0.05, 0.1) is 11.4 Å². The Morgan fingerprint density at radius 2 is 2.06 bits per heavy atom. The summed E-state index contributed by atoms with van der Waals surface area (Å²) in [5, 5.41) is 3.24. The fourth-order valence-corrected chi connectivity index (χ4v) is 1.44. The molecule has 2 aromatic rings. The lowest BCUT2D eigenvalue weighted by Gasteiger charge is -2.09. The zero-order valence-electron chi connectivity index (χ0n) is 8.85. The van der Waals surface area contributed by atoms with Crippen LogP contribution >= 0.6 is 0 Å². The number of hydrogen-bond acceptors (Lipinski definition) is 4. The fourth-order valence-electron chi connectivity index (χ4n) is 1.44. The monoisotopic (exact) mass is 214 g/mol. The Morgan fingerprint density at radius 3 is 2.75 bits per heavy atom. The van der Waals surface area contributed by atoms with E-state index in [9.17, 15) is 0 Å². The highest BCUT2D eigenvalue weighted by Gasteiger charge is 1.99. The van der Waals surface area contributed by atoms with Crippen molar-refractivity contribution < 1.29 is 0 Å². The normalized spacial score (nSPS) is 10.0. The maximum absolute atomic E-state index is 5.83. The molecule has 82 valence electrons. The lowest BCUT2D eigenvalue weighted by Crippen LogP contribution is -2.03. The molecule has 0 unspecified atom stereocenters. The molecular formula is C12H14N4. The van der Waals surface area contributed by atoms with Crippen molar-refractivity contribution in [1.82, 2.24) is 4.98 Å². The van der Waals surface area contributed by atoms with Crippen LogP contribution in [0.25, 0.3) is 0 Å². The second-order valence-corrected chi connectivity index (χ2v) is 3.56. The highest BCUT2D eigenvalue weighted by molar-refractivity contribution is 5.70. The second-order valence-electron chi connectivity index (χ2n) is 3.56. The van der Waals surface area contributed by atoms with Crippen LogP contribution in [0.5, 0.6) is 0 Å². The van der Waals surface area contributed by atoms with Gasteiger partial charge in [0.1, 0.15) is 0 Å².